The smallest absolute Gasteiger partial charge is 0.226 e. The Bertz CT molecular complexity index is 552. The van der Waals surface area contributed by atoms with Gasteiger partial charge in [0, 0.05) is 19.6 Å². The van der Waals surface area contributed by atoms with Crippen LogP contribution >= 0.6 is 11.3 Å². The Morgan fingerprint density at radius 2 is 2.10 bits per heavy atom. The van der Waals surface area contributed by atoms with Crippen LogP contribution in [0.25, 0.3) is 10.2 Å². The molecule has 0 amide bonds. The maximum absolute atomic E-state index is 4.73. The van der Waals surface area contributed by atoms with E-state index < -0.39 is 0 Å². The normalized spacial score (nSPS) is 12.6. The predicted octanol–water partition coefficient (Wildman–Crippen LogP) is 4.00. The molecule has 0 saturated heterocycles. The molecule has 0 aliphatic rings. The zero-order chi connectivity index (χ0) is 14.5. The molecule has 2 aromatic heterocycles. The molecule has 0 saturated carbocycles. The van der Waals surface area contributed by atoms with Crippen molar-refractivity contribution in [1.82, 2.24) is 9.97 Å². The average Bonchev–Trinajstić information content (AvgIpc) is 2.92. The highest BCUT2D eigenvalue weighted by molar-refractivity contribution is 7.16. The lowest BCUT2D eigenvalue weighted by Gasteiger charge is -2.26. The van der Waals surface area contributed by atoms with Crippen LogP contribution in [-0.4, -0.2) is 29.6 Å². The summed E-state index contributed by atoms with van der Waals surface area (Å²) < 4.78 is 0. The molecule has 2 heterocycles. The first kappa shape index (κ1) is 15.0. The van der Waals surface area contributed by atoms with Crippen LogP contribution in [0.15, 0.2) is 11.4 Å². The first-order valence-electron chi connectivity index (χ1n) is 7.43. The van der Waals surface area contributed by atoms with E-state index in [0.717, 1.165) is 36.2 Å². The molecule has 4 nitrogen and oxygen atoms in total. The van der Waals surface area contributed by atoms with Gasteiger partial charge in [0.1, 0.15) is 10.6 Å². The molecule has 1 N–H and O–H groups in total. The fourth-order valence-corrected chi connectivity index (χ4v) is 2.95. The van der Waals surface area contributed by atoms with Crippen LogP contribution in [0.2, 0.25) is 0 Å². The van der Waals surface area contributed by atoms with Gasteiger partial charge in [-0.1, -0.05) is 20.3 Å². The highest BCUT2D eigenvalue weighted by Gasteiger charge is 2.15. The summed E-state index contributed by atoms with van der Waals surface area (Å²) in [4.78, 5) is 12.7. The van der Waals surface area contributed by atoms with Crippen LogP contribution in [-0.2, 0) is 0 Å². The Morgan fingerprint density at radius 3 is 2.75 bits per heavy atom. The molecule has 20 heavy (non-hydrogen) atoms. The van der Waals surface area contributed by atoms with Crippen molar-refractivity contribution in [3.8, 4) is 0 Å². The van der Waals surface area contributed by atoms with E-state index >= 15 is 0 Å². The van der Waals surface area contributed by atoms with Gasteiger partial charge in [0.15, 0.2) is 0 Å². The van der Waals surface area contributed by atoms with Crippen LogP contribution in [0, 0.1) is 5.92 Å². The van der Waals surface area contributed by atoms with Crippen molar-refractivity contribution < 1.29 is 0 Å². The summed E-state index contributed by atoms with van der Waals surface area (Å²) in [5.41, 5.74) is 0. The summed E-state index contributed by atoms with van der Waals surface area (Å²) in [5, 5.41) is 6.50. The monoisotopic (exact) mass is 292 g/mol. The maximum atomic E-state index is 4.73. The van der Waals surface area contributed by atoms with Gasteiger partial charge in [0.2, 0.25) is 5.95 Å². The molecule has 0 aliphatic heterocycles. The molecule has 0 bridgehead atoms. The first-order chi connectivity index (χ1) is 9.69. The standard InChI is InChI=1S/C15H24N4S/c1-5-11(4)10-19(7-3)13-12-8-9-20-14(12)18-15(17-13)16-6-2/h8-9,11H,5-7,10H2,1-4H3,(H,16,17,18). The van der Waals surface area contributed by atoms with Crippen molar-refractivity contribution in [3.05, 3.63) is 11.4 Å². The minimum absolute atomic E-state index is 0.668. The van der Waals surface area contributed by atoms with Crippen LogP contribution in [0.4, 0.5) is 11.8 Å². The second-order valence-electron chi connectivity index (χ2n) is 5.09. The second kappa shape index (κ2) is 6.88. The molecule has 2 aromatic rings. The zero-order valence-corrected chi connectivity index (χ0v) is 13.6. The van der Waals surface area contributed by atoms with Crippen LogP contribution in [0.1, 0.15) is 34.1 Å². The minimum Gasteiger partial charge on any atom is -0.356 e. The van der Waals surface area contributed by atoms with Crippen molar-refractivity contribution in [3.63, 3.8) is 0 Å². The number of nitrogens with zero attached hydrogens (tertiary/aromatic N) is 3. The van der Waals surface area contributed by atoms with Crippen LogP contribution in [0.3, 0.4) is 0 Å². The molecule has 1 unspecified atom stereocenters. The number of aromatic nitrogens is 2. The lowest BCUT2D eigenvalue weighted by atomic mass is 10.1. The molecule has 0 fully saturated rings. The Balaban J connectivity index is 2.40. The van der Waals surface area contributed by atoms with E-state index in [4.69, 9.17) is 4.98 Å². The van der Waals surface area contributed by atoms with E-state index in [9.17, 15) is 0 Å². The topological polar surface area (TPSA) is 41.1 Å². The van der Waals surface area contributed by atoms with Gasteiger partial charge in [-0.05, 0) is 31.2 Å². The molecular weight excluding hydrogens is 268 g/mol. The predicted molar refractivity (Wildman–Crippen MR) is 88.9 cm³/mol. The van der Waals surface area contributed by atoms with Crippen molar-refractivity contribution in [2.24, 2.45) is 5.92 Å². The number of fused-ring (bicyclic) bond motifs is 1. The highest BCUT2D eigenvalue weighted by atomic mass is 32.1. The van der Waals surface area contributed by atoms with E-state index in [-0.39, 0.29) is 0 Å². The molecular formula is C15H24N4S. The fourth-order valence-electron chi connectivity index (χ4n) is 2.19. The van der Waals surface area contributed by atoms with Crippen molar-refractivity contribution in [2.45, 2.75) is 34.1 Å². The van der Waals surface area contributed by atoms with E-state index in [0.29, 0.717) is 5.92 Å². The lowest BCUT2D eigenvalue weighted by molar-refractivity contribution is 0.546. The van der Waals surface area contributed by atoms with Crippen molar-refractivity contribution in [1.29, 1.82) is 0 Å². The molecule has 2 rings (SSSR count). The summed E-state index contributed by atoms with van der Waals surface area (Å²) in [6.45, 7) is 11.6. The third-order valence-electron chi connectivity index (χ3n) is 3.55. The van der Waals surface area contributed by atoms with Gasteiger partial charge in [0.05, 0.1) is 5.39 Å². The van der Waals surface area contributed by atoms with Gasteiger partial charge in [-0.2, -0.15) is 4.98 Å². The first-order valence-corrected chi connectivity index (χ1v) is 8.31. The van der Waals surface area contributed by atoms with Gasteiger partial charge in [0.25, 0.3) is 0 Å². The van der Waals surface area contributed by atoms with Crippen LogP contribution < -0.4 is 10.2 Å². The van der Waals surface area contributed by atoms with Gasteiger partial charge in [-0.25, -0.2) is 4.98 Å². The number of anilines is 2. The van der Waals surface area contributed by atoms with Gasteiger partial charge in [-0.3, -0.25) is 0 Å². The molecule has 0 aliphatic carbocycles. The number of hydrogen-bond donors (Lipinski definition) is 1. The lowest BCUT2D eigenvalue weighted by Crippen LogP contribution is -2.29. The Hall–Kier alpha value is -1.36. The summed E-state index contributed by atoms with van der Waals surface area (Å²) in [6, 6.07) is 2.13. The molecule has 5 heteroatoms. The quantitative estimate of drug-likeness (QED) is 0.837. The second-order valence-corrected chi connectivity index (χ2v) is 5.99. The Kier molecular flexibility index (Phi) is 5.17. The molecule has 0 spiro atoms. The summed E-state index contributed by atoms with van der Waals surface area (Å²) in [6.07, 6.45) is 1.19. The summed E-state index contributed by atoms with van der Waals surface area (Å²) in [5.74, 6) is 2.47. The zero-order valence-electron chi connectivity index (χ0n) is 12.8. The molecule has 1 atom stereocenters. The fraction of sp³-hybridized carbons (Fsp3) is 0.600. The SMILES string of the molecule is CCNc1nc(N(CC)CC(C)CC)c2ccsc2n1. The van der Waals surface area contributed by atoms with E-state index in [1.165, 1.54) is 11.8 Å². The van der Waals surface area contributed by atoms with Crippen molar-refractivity contribution in [2.75, 3.05) is 29.9 Å². The van der Waals surface area contributed by atoms with Gasteiger partial charge in [-0.15, -0.1) is 11.3 Å². The van der Waals surface area contributed by atoms with Gasteiger partial charge >= 0.3 is 0 Å². The molecule has 110 valence electrons. The van der Waals surface area contributed by atoms with Crippen LogP contribution in [0.5, 0.6) is 0 Å². The largest absolute Gasteiger partial charge is 0.356 e. The third kappa shape index (κ3) is 3.20. The molecule has 0 radical (unpaired) electrons. The number of nitrogens with one attached hydrogen (secondary N) is 1. The molecule has 0 aromatic carbocycles. The van der Waals surface area contributed by atoms with E-state index in [1.807, 2.05) is 0 Å². The highest BCUT2D eigenvalue weighted by Crippen LogP contribution is 2.29. The van der Waals surface area contributed by atoms with Gasteiger partial charge < -0.3 is 10.2 Å². The van der Waals surface area contributed by atoms with Crippen molar-refractivity contribution >= 4 is 33.3 Å². The average molecular weight is 292 g/mol. The maximum Gasteiger partial charge on any atom is 0.226 e. The summed E-state index contributed by atoms with van der Waals surface area (Å²) >= 11 is 1.68. The Morgan fingerprint density at radius 1 is 1.30 bits per heavy atom. The van der Waals surface area contributed by atoms with E-state index in [2.05, 4.69) is 54.3 Å². The number of hydrogen-bond acceptors (Lipinski definition) is 5. The number of rotatable bonds is 7. The minimum atomic E-state index is 0.668. The number of thiophene rings is 1. The third-order valence-corrected chi connectivity index (χ3v) is 4.36. The summed E-state index contributed by atoms with van der Waals surface area (Å²) in [7, 11) is 0. The van der Waals surface area contributed by atoms with E-state index in [1.54, 1.807) is 11.3 Å². The Labute approximate surface area is 125 Å².